The fraction of sp³-hybridized carbons (Fsp3) is 0.321. The molecule has 5 heteroatoms. The molecule has 1 aliphatic heterocycles. The fourth-order valence-corrected chi connectivity index (χ4v) is 4.82. The molecule has 1 fully saturated rings. The topological polar surface area (TPSA) is 49.3 Å². The molecule has 0 radical (unpaired) electrons. The first-order chi connectivity index (χ1) is 16.2. The van der Waals surface area contributed by atoms with Crippen LogP contribution in [0.4, 0.5) is 5.95 Å². The summed E-state index contributed by atoms with van der Waals surface area (Å²) in [5.41, 5.74) is 4.97. The number of piperazine rings is 1. The number of carbonyl (C=O) groups excluding carboxylic acids is 1. The monoisotopic (exact) mass is 438 g/mol. The van der Waals surface area contributed by atoms with E-state index < -0.39 is 0 Å². The van der Waals surface area contributed by atoms with Gasteiger partial charge in [-0.1, -0.05) is 72.8 Å². The van der Waals surface area contributed by atoms with Crippen LogP contribution >= 0.6 is 0 Å². The van der Waals surface area contributed by atoms with Crippen LogP contribution in [0.3, 0.4) is 0 Å². The first-order valence-electron chi connectivity index (χ1n) is 11.8. The molecular formula is C28H30N4O. The highest BCUT2D eigenvalue weighted by Gasteiger charge is 2.29. The average molecular weight is 439 g/mol. The van der Waals surface area contributed by atoms with Crippen molar-refractivity contribution < 1.29 is 4.79 Å². The number of hydrogen-bond acceptors (Lipinski definition) is 5. The van der Waals surface area contributed by atoms with Gasteiger partial charge in [-0.2, -0.15) is 0 Å². The minimum absolute atomic E-state index is 0.163. The number of hydrogen-bond donors (Lipinski definition) is 0. The number of ketones is 1. The minimum Gasteiger partial charge on any atom is -0.338 e. The van der Waals surface area contributed by atoms with E-state index in [4.69, 9.17) is 9.97 Å². The number of carbonyl (C=O) groups is 1. The highest BCUT2D eigenvalue weighted by atomic mass is 16.1. The molecule has 1 aliphatic carbocycles. The smallest absolute Gasteiger partial charge is 0.225 e. The van der Waals surface area contributed by atoms with Crippen LogP contribution in [0.5, 0.6) is 0 Å². The maximum Gasteiger partial charge on any atom is 0.225 e. The molecule has 2 aliphatic rings. The van der Waals surface area contributed by atoms with E-state index >= 15 is 0 Å². The van der Waals surface area contributed by atoms with Gasteiger partial charge in [-0.3, -0.25) is 9.69 Å². The average Bonchev–Trinajstić information content (AvgIpc) is 2.84. The lowest BCUT2D eigenvalue weighted by atomic mass is 9.85. The van der Waals surface area contributed by atoms with Gasteiger partial charge in [0.05, 0.1) is 17.0 Å². The van der Waals surface area contributed by atoms with Crippen LogP contribution < -0.4 is 4.90 Å². The van der Waals surface area contributed by atoms with Crippen molar-refractivity contribution in [3.05, 3.63) is 94.8 Å². The predicted molar refractivity (Wildman–Crippen MR) is 132 cm³/mol. The van der Waals surface area contributed by atoms with Crippen molar-refractivity contribution in [3.8, 4) is 0 Å². The molecule has 5 rings (SSSR count). The number of nitrogens with zero attached hydrogens (tertiary/aromatic N) is 4. The zero-order chi connectivity index (χ0) is 22.6. The fourth-order valence-electron chi connectivity index (χ4n) is 4.82. The summed E-state index contributed by atoms with van der Waals surface area (Å²) in [6.07, 6.45) is 5.59. The number of Topliss-reactive ketones (excluding diaryl/α,β-unsaturated/α-hetero) is 1. The van der Waals surface area contributed by atoms with Gasteiger partial charge in [-0.15, -0.1) is 0 Å². The Kier molecular flexibility index (Phi) is 6.31. The summed E-state index contributed by atoms with van der Waals surface area (Å²) in [6, 6.07) is 20.9. The number of rotatable bonds is 5. The first kappa shape index (κ1) is 21.5. The second-order valence-corrected chi connectivity index (χ2v) is 9.04. The Hall–Kier alpha value is -3.31. The molecule has 0 unspecified atom stereocenters. The Balaban J connectivity index is 1.28. The lowest BCUT2D eigenvalue weighted by Gasteiger charge is -2.35. The number of allylic oxidation sites excluding steroid dienone is 1. The Labute approximate surface area is 195 Å². The van der Waals surface area contributed by atoms with Crippen molar-refractivity contribution >= 4 is 17.8 Å². The Morgan fingerprint density at radius 1 is 0.909 bits per heavy atom. The molecule has 3 aromatic rings. The Bertz CT molecular complexity index is 1140. The SMILES string of the molecule is Cc1nc(N2CCN(Cc3ccccc3)CC2)nc2c1C(=O)C[C@H](/C=C/c1ccccc1)C2. The van der Waals surface area contributed by atoms with E-state index in [0.29, 0.717) is 6.42 Å². The van der Waals surface area contributed by atoms with Crippen LogP contribution in [0.15, 0.2) is 66.7 Å². The summed E-state index contributed by atoms with van der Waals surface area (Å²) >= 11 is 0. The van der Waals surface area contributed by atoms with E-state index in [1.54, 1.807) is 0 Å². The number of fused-ring (bicyclic) bond motifs is 1. The maximum atomic E-state index is 12.9. The lowest BCUT2D eigenvalue weighted by Crippen LogP contribution is -2.46. The summed E-state index contributed by atoms with van der Waals surface area (Å²) in [6.45, 7) is 6.69. The van der Waals surface area contributed by atoms with Gasteiger partial charge in [0.1, 0.15) is 0 Å². The highest BCUT2D eigenvalue weighted by molar-refractivity contribution is 5.99. The summed E-state index contributed by atoms with van der Waals surface area (Å²) in [7, 11) is 0. The van der Waals surface area contributed by atoms with Gasteiger partial charge in [0.2, 0.25) is 5.95 Å². The molecule has 2 aromatic carbocycles. The molecule has 168 valence electrons. The molecule has 0 N–H and O–H groups in total. The molecule has 0 spiro atoms. The van der Waals surface area contributed by atoms with Crippen molar-refractivity contribution in [2.45, 2.75) is 26.3 Å². The van der Waals surface area contributed by atoms with Crippen LogP contribution in [0.2, 0.25) is 0 Å². The van der Waals surface area contributed by atoms with E-state index in [0.717, 1.165) is 67.6 Å². The van der Waals surface area contributed by atoms with E-state index in [9.17, 15) is 4.79 Å². The van der Waals surface area contributed by atoms with Crippen LogP contribution in [0.1, 0.15) is 39.3 Å². The van der Waals surface area contributed by atoms with Crippen molar-refractivity contribution in [2.24, 2.45) is 5.92 Å². The molecule has 0 bridgehead atoms. The molecule has 1 aromatic heterocycles. The number of aromatic nitrogens is 2. The van der Waals surface area contributed by atoms with E-state index in [1.807, 2.05) is 25.1 Å². The van der Waals surface area contributed by atoms with Crippen molar-refractivity contribution in [1.29, 1.82) is 0 Å². The van der Waals surface area contributed by atoms with Gasteiger partial charge in [-0.25, -0.2) is 9.97 Å². The molecule has 0 amide bonds. The molecule has 33 heavy (non-hydrogen) atoms. The molecule has 0 saturated carbocycles. The zero-order valence-corrected chi connectivity index (χ0v) is 19.2. The number of aryl methyl sites for hydroxylation is 1. The van der Waals surface area contributed by atoms with Crippen molar-refractivity contribution in [1.82, 2.24) is 14.9 Å². The summed E-state index contributed by atoms with van der Waals surface area (Å²) in [4.78, 5) is 27.3. The molecule has 2 heterocycles. The molecule has 5 nitrogen and oxygen atoms in total. The van der Waals surface area contributed by atoms with Gasteiger partial charge in [-0.05, 0) is 30.4 Å². The lowest BCUT2D eigenvalue weighted by molar-refractivity contribution is 0.0956. The van der Waals surface area contributed by atoms with Gasteiger partial charge >= 0.3 is 0 Å². The standard InChI is InChI=1S/C28H30N4O/c1-21-27-25(18-24(19-26(27)33)13-12-22-8-4-2-5-9-22)30-28(29-21)32-16-14-31(15-17-32)20-23-10-6-3-7-11-23/h2-13,24H,14-20H2,1H3/b13-12+/t24-/m1/s1. The normalized spacial score (nSPS) is 19.1. The third-order valence-corrected chi connectivity index (χ3v) is 6.60. The first-order valence-corrected chi connectivity index (χ1v) is 11.8. The predicted octanol–water partition coefficient (Wildman–Crippen LogP) is 4.57. The second-order valence-electron chi connectivity index (χ2n) is 9.04. The quantitative estimate of drug-likeness (QED) is 0.584. The third-order valence-electron chi connectivity index (χ3n) is 6.60. The maximum absolute atomic E-state index is 12.9. The number of benzene rings is 2. The van der Waals surface area contributed by atoms with Crippen molar-refractivity contribution in [2.75, 3.05) is 31.1 Å². The van der Waals surface area contributed by atoms with Gasteiger partial charge in [0.15, 0.2) is 5.78 Å². The van der Waals surface area contributed by atoms with Crippen molar-refractivity contribution in [3.63, 3.8) is 0 Å². The third kappa shape index (κ3) is 5.04. The van der Waals surface area contributed by atoms with E-state index in [-0.39, 0.29) is 11.7 Å². The van der Waals surface area contributed by atoms with E-state index in [2.05, 4.69) is 64.4 Å². The van der Waals surface area contributed by atoms with E-state index in [1.165, 1.54) is 5.56 Å². The van der Waals surface area contributed by atoms with Crippen LogP contribution in [-0.2, 0) is 13.0 Å². The molecule has 1 saturated heterocycles. The largest absolute Gasteiger partial charge is 0.338 e. The highest BCUT2D eigenvalue weighted by Crippen LogP contribution is 2.29. The minimum atomic E-state index is 0.163. The summed E-state index contributed by atoms with van der Waals surface area (Å²) < 4.78 is 0. The Morgan fingerprint density at radius 2 is 1.61 bits per heavy atom. The summed E-state index contributed by atoms with van der Waals surface area (Å²) in [5.74, 6) is 1.11. The zero-order valence-electron chi connectivity index (χ0n) is 19.2. The van der Waals surface area contributed by atoms with Crippen LogP contribution in [0.25, 0.3) is 6.08 Å². The van der Waals surface area contributed by atoms with Gasteiger partial charge in [0.25, 0.3) is 0 Å². The van der Waals surface area contributed by atoms with Gasteiger partial charge in [0, 0.05) is 39.1 Å². The molecule has 1 atom stereocenters. The second kappa shape index (κ2) is 9.67. The van der Waals surface area contributed by atoms with Crippen LogP contribution in [-0.4, -0.2) is 46.8 Å². The van der Waals surface area contributed by atoms with Gasteiger partial charge < -0.3 is 4.90 Å². The molecular weight excluding hydrogens is 408 g/mol. The summed E-state index contributed by atoms with van der Waals surface area (Å²) in [5, 5.41) is 0. The van der Waals surface area contributed by atoms with Crippen LogP contribution in [0, 0.1) is 12.8 Å². The Morgan fingerprint density at radius 3 is 2.33 bits per heavy atom. The number of anilines is 1.